The molecule has 0 unspecified atom stereocenters. The highest BCUT2D eigenvalue weighted by Gasteiger charge is 2.15. The lowest BCUT2D eigenvalue weighted by Crippen LogP contribution is -1.98. The van der Waals surface area contributed by atoms with Crippen molar-refractivity contribution in [2.24, 2.45) is 0 Å². The highest BCUT2D eigenvalue weighted by atomic mass is 15.0. The molecule has 0 aliphatic carbocycles. The molecule has 0 spiro atoms. The molecule has 0 amide bonds. The average Bonchev–Trinajstić information content (AvgIpc) is 3.43. The van der Waals surface area contributed by atoms with E-state index in [2.05, 4.69) is 131 Å². The van der Waals surface area contributed by atoms with Crippen LogP contribution in [0.5, 0.6) is 0 Å². The zero-order chi connectivity index (χ0) is 28.6. The zero-order valence-corrected chi connectivity index (χ0v) is 23.3. The number of rotatable bonds is 5. The number of aromatic nitrogens is 4. The normalized spacial score (nSPS) is 11.3. The zero-order valence-electron chi connectivity index (χ0n) is 23.3. The smallest absolute Gasteiger partial charge is 0.160 e. The summed E-state index contributed by atoms with van der Waals surface area (Å²) < 4.78 is 2.28. The van der Waals surface area contributed by atoms with Crippen molar-refractivity contribution >= 4 is 21.8 Å². The molecule has 0 N–H and O–H groups in total. The molecule has 8 aromatic rings. The Morgan fingerprint density at radius 3 is 1.81 bits per heavy atom. The van der Waals surface area contributed by atoms with Crippen LogP contribution < -0.4 is 0 Å². The number of fused-ring (bicyclic) bond motifs is 3. The molecule has 0 aliphatic rings. The second kappa shape index (κ2) is 10.5. The monoisotopic (exact) mass is 550 g/mol. The van der Waals surface area contributed by atoms with Crippen molar-refractivity contribution in [1.29, 1.82) is 0 Å². The fourth-order valence-corrected chi connectivity index (χ4v) is 5.85. The summed E-state index contributed by atoms with van der Waals surface area (Å²) in [7, 11) is 0. The van der Waals surface area contributed by atoms with E-state index in [-0.39, 0.29) is 0 Å². The van der Waals surface area contributed by atoms with Crippen molar-refractivity contribution in [3.05, 3.63) is 158 Å². The Balaban J connectivity index is 1.30. The summed E-state index contributed by atoms with van der Waals surface area (Å²) >= 11 is 0. The molecule has 3 aromatic heterocycles. The first-order valence-corrected chi connectivity index (χ1v) is 14.4. The molecular weight excluding hydrogens is 524 g/mol. The third-order valence-electron chi connectivity index (χ3n) is 7.90. The van der Waals surface area contributed by atoms with Crippen LogP contribution in [0.1, 0.15) is 0 Å². The van der Waals surface area contributed by atoms with Gasteiger partial charge in [0.25, 0.3) is 0 Å². The fraction of sp³-hybridized carbons (Fsp3) is 0. The summed E-state index contributed by atoms with van der Waals surface area (Å²) in [6.07, 6.45) is 3.80. The van der Waals surface area contributed by atoms with Crippen LogP contribution in [0.2, 0.25) is 0 Å². The van der Waals surface area contributed by atoms with Gasteiger partial charge < -0.3 is 4.57 Å². The maximum Gasteiger partial charge on any atom is 0.160 e. The van der Waals surface area contributed by atoms with E-state index in [9.17, 15) is 0 Å². The maximum atomic E-state index is 5.09. The molecule has 8 rings (SSSR count). The van der Waals surface area contributed by atoms with Gasteiger partial charge >= 0.3 is 0 Å². The Kier molecular flexibility index (Phi) is 6.08. The van der Waals surface area contributed by atoms with Gasteiger partial charge in [-0.15, -0.1) is 0 Å². The van der Waals surface area contributed by atoms with Gasteiger partial charge in [-0.25, -0.2) is 9.97 Å². The largest absolute Gasteiger partial charge is 0.308 e. The summed E-state index contributed by atoms with van der Waals surface area (Å²) in [5.41, 5.74) is 10.4. The van der Waals surface area contributed by atoms with E-state index in [4.69, 9.17) is 9.97 Å². The van der Waals surface area contributed by atoms with Crippen LogP contribution in [-0.2, 0) is 0 Å². The molecule has 0 saturated carbocycles. The molecule has 4 heteroatoms. The molecule has 0 atom stereocenters. The van der Waals surface area contributed by atoms with Crippen LogP contribution in [0.4, 0.5) is 0 Å². The molecule has 5 aromatic carbocycles. The van der Waals surface area contributed by atoms with Gasteiger partial charge in [0.05, 0.1) is 28.6 Å². The predicted molar refractivity (Wildman–Crippen MR) is 176 cm³/mol. The minimum atomic E-state index is 0.699. The van der Waals surface area contributed by atoms with E-state index in [1.807, 2.05) is 36.7 Å². The van der Waals surface area contributed by atoms with E-state index in [1.165, 1.54) is 16.3 Å². The number of pyridine rings is 1. The standard InChI is InChI=1S/C39H26N4/c1-3-11-27(12-4-1)29-15-9-16-30(23-29)35-25-36(42-39(41-35)28-13-5-2-6-14-28)31-17-10-18-32(24-31)43-37-20-8-7-19-33(37)34-21-22-40-26-38(34)43/h1-26H. The Hall–Kier alpha value is -5.87. The van der Waals surface area contributed by atoms with Crippen molar-refractivity contribution in [3.8, 4) is 50.7 Å². The summed E-state index contributed by atoms with van der Waals surface area (Å²) in [5, 5.41) is 2.39. The van der Waals surface area contributed by atoms with Gasteiger partial charge in [0, 0.05) is 39.3 Å². The molecule has 0 fully saturated rings. The second-order valence-corrected chi connectivity index (χ2v) is 10.6. The summed E-state index contributed by atoms with van der Waals surface area (Å²) in [6, 6.07) is 50.5. The van der Waals surface area contributed by atoms with Crippen LogP contribution >= 0.6 is 0 Å². The highest BCUT2D eigenvalue weighted by Crippen LogP contribution is 2.34. The highest BCUT2D eigenvalue weighted by molar-refractivity contribution is 6.08. The second-order valence-electron chi connectivity index (χ2n) is 10.6. The molecule has 3 heterocycles. The molecule has 0 bridgehead atoms. The average molecular weight is 551 g/mol. The first kappa shape index (κ1) is 24.9. The van der Waals surface area contributed by atoms with Gasteiger partial charge in [0.1, 0.15) is 0 Å². The quantitative estimate of drug-likeness (QED) is 0.214. The lowest BCUT2D eigenvalue weighted by molar-refractivity contribution is 1.16. The molecule has 0 saturated heterocycles. The SMILES string of the molecule is c1ccc(-c2cccc(-c3cc(-c4cccc(-n5c6ccccc6c6ccncc65)c4)nc(-c4ccccc4)n3)c2)cc1. The van der Waals surface area contributed by atoms with Crippen LogP contribution in [0.3, 0.4) is 0 Å². The summed E-state index contributed by atoms with van der Waals surface area (Å²) in [6.45, 7) is 0. The van der Waals surface area contributed by atoms with Gasteiger partial charge in [0.15, 0.2) is 5.82 Å². The first-order valence-electron chi connectivity index (χ1n) is 14.4. The van der Waals surface area contributed by atoms with Gasteiger partial charge in [-0.3, -0.25) is 4.98 Å². The van der Waals surface area contributed by atoms with E-state index in [0.29, 0.717) is 5.82 Å². The van der Waals surface area contributed by atoms with E-state index in [1.54, 1.807) is 0 Å². The Labute approximate surface area is 249 Å². The number of hydrogen-bond donors (Lipinski definition) is 0. The molecule has 0 radical (unpaired) electrons. The lowest BCUT2D eigenvalue weighted by atomic mass is 10.0. The van der Waals surface area contributed by atoms with Gasteiger partial charge in [0.2, 0.25) is 0 Å². The summed E-state index contributed by atoms with van der Waals surface area (Å²) in [4.78, 5) is 14.6. The van der Waals surface area contributed by atoms with E-state index < -0.39 is 0 Å². The van der Waals surface area contributed by atoms with E-state index >= 15 is 0 Å². The topological polar surface area (TPSA) is 43.6 Å². The Bertz CT molecular complexity index is 2180. The van der Waals surface area contributed by atoms with Crippen LogP contribution in [0.25, 0.3) is 72.5 Å². The van der Waals surface area contributed by atoms with Gasteiger partial charge in [-0.05, 0) is 47.5 Å². The Morgan fingerprint density at radius 2 is 1.02 bits per heavy atom. The predicted octanol–water partition coefficient (Wildman–Crippen LogP) is 9.64. The van der Waals surface area contributed by atoms with E-state index in [0.717, 1.165) is 50.4 Å². The number of para-hydroxylation sites is 1. The lowest BCUT2D eigenvalue weighted by Gasteiger charge is -2.12. The van der Waals surface area contributed by atoms with Crippen molar-refractivity contribution in [1.82, 2.24) is 19.5 Å². The van der Waals surface area contributed by atoms with Crippen LogP contribution in [0.15, 0.2) is 158 Å². The third kappa shape index (κ3) is 4.55. The molecular formula is C39H26N4. The van der Waals surface area contributed by atoms with Crippen molar-refractivity contribution in [2.45, 2.75) is 0 Å². The van der Waals surface area contributed by atoms with Gasteiger partial charge in [-0.2, -0.15) is 0 Å². The van der Waals surface area contributed by atoms with Crippen LogP contribution in [-0.4, -0.2) is 19.5 Å². The summed E-state index contributed by atoms with van der Waals surface area (Å²) in [5.74, 6) is 0.699. The Morgan fingerprint density at radius 1 is 0.419 bits per heavy atom. The number of hydrogen-bond acceptors (Lipinski definition) is 3. The fourth-order valence-electron chi connectivity index (χ4n) is 5.85. The molecule has 43 heavy (non-hydrogen) atoms. The maximum absolute atomic E-state index is 5.09. The van der Waals surface area contributed by atoms with Gasteiger partial charge in [-0.1, -0.05) is 109 Å². The number of nitrogens with zero attached hydrogens (tertiary/aromatic N) is 4. The van der Waals surface area contributed by atoms with Crippen molar-refractivity contribution in [3.63, 3.8) is 0 Å². The minimum Gasteiger partial charge on any atom is -0.308 e. The number of benzene rings is 5. The third-order valence-corrected chi connectivity index (χ3v) is 7.90. The molecule has 4 nitrogen and oxygen atoms in total. The molecule has 202 valence electrons. The van der Waals surface area contributed by atoms with Crippen molar-refractivity contribution < 1.29 is 0 Å². The van der Waals surface area contributed by atoms with Crippen molar-refractivity contribution in [2.75, 3.05) is 0 Å². The minimum absolute atomic E-state index is 0.699. The molecule has 0 aliphatic heterocycles. The van der Waals surface area contributed by atoms with Crippen LogP contribution in [0, 0.1) is 0 Å². The first-order chi connectivity index (χ1) is 21.3.